The van der Waals surface area contributed by atoms with Gasteiger partial charge in [0.1, 0.15) is 5.76 Å². The predicted octanol–water partition coefficient (Wildman–Crippen LogP) is 3.86. The van der Waals surface area contributed by atoms with Gasteiger partial charge in [-0.15, -0.1) is 11.3 Å². The maximum atomic E-state index is 5.88. The van der Waals surface area contributed by atoms with Gasteiger partial charge < -0.3 is 9.84 Å². The van der Waals surface area contributed by atoms with Crippen molar-refractivity contribution in [3.63, 3.8) is 0 Å². The summed E-state index contributed by atoms with van der Waals surface area (Å²) >= 11 is 7.55. The first-order valence-corrected chi connectivity index (χ1v) is 6.72. The van der Waals surface area contributed by atoms with Gasteiger partial charge >= 0.3 is 0 Å². The van der Waals surface area contributed by atoms with E-state index in [9.17, 15) is 0 Å². The molecule has 0 bridgehead atoms. The molecule has 0 spiro atoms. The zero-order chi connectivity index (χ0) is 12.4. The third kappa shape index (κ3) is 2.89. The Morgan fingerprint density at radius 2 is 2.29 bits per heavy atom. The van der Waals surface area contributed by atoms with Crippen molar-refractivity contribution < 1.29 is 4.52 Å². The van der Waals surface area contributed by atoms with Crippen molar-refractivity contribution in [2.75, 3.05) is 0 Å². The molecule has 1 N–H and O–H groups in total. The molecule has 2 aromatic rings. The first-order valence-electron chi connectivity index (χ1n) is 5.47. The van der Waals surface area contributed by atoms with Crippen LogP contribution in [-0.4, -0.2) is 5.16 Å². The number of aromatic nitrogens is 1. The van der Waals surface area contributed by atoms with E-state index in [0.717, 1.165) is 28.6 Å². The number of thiophene rings is 1. The van der Waals surface area contributed by atoms with Gasteiger partial charge in [-0.3, -0.25) is 0 Å². The lowest BCUT2D eigenvalue weighted by Crippen LogP contribution is -2.18. The topological polar surface area (TPSA) is 38.1 Å². The Kier molecular flexibility index (Phi) is 3.86. The van der Waals surface area contributed by atoms with Gasteiger partial charge in [0.25, 0.3) is 0 Å². The van der Waals surface area contributed by atoms with Crippen LogP contribution in [0, 0.1) is 13.8 Å². The molecule has 1 unspecified atom stereocenters. The molecule has 0 amide bonds. The molecule has 0 fully saturated rings. The van der Waals surface area contributed by atoms with Gasteiger partial charge in [-0.1, -0.05) is 16.8 Å². The summed E-state index contributed by atoms with van der Waals surface area (Å²) in [5.74, 6) is 0.881. The Labute approximate surface area is 110 Å². The van der Waals surface area contributed by atoms with E-state index in [1.165, 1.54) is 4.88 Å². The molecule has 0 aliphatic heterocycles. The molecule has 2 rings (SSSR count). The number of rotatable bonds is 4. The van der Waals surface area contributed by atoms with E-state index in [4.69, 9.17) is 16.1 Å². The van der Waals surface area contributed by atoms with Crippen molar-refractivity contribution in [1.29, 1.82) is 0 Å². The van der Waals surface area contributed by atoms with E-state index in [1.54, 1.807) is 11.3 Å². The third-order valence-corrected chi connectivity index (χ3v) is 4.01. The van der Waals surface area contributed by atoms with Crippen LogP contribution < -0.4 is 5.32 Å². The van der Waals surface area contributed by atoms with Crippen molar-refractivity contribution in [2.45, 2.75) is 33.4 Å². The summed E-state index contributed by atoms with van der Waals surface area (Å²) in [6.07, 6.45) is 0. The number of aryl methyl sites for hydroxylation is 2. The highest BCUT2D eigenvalue weighted by Crippen LogP contribution is 2.23. The second-order valence-corrected chi connectivity index (χ2v) is 5.50. The Morgan fingerprint density at radius 1 is 1.53 bits per heavy atom. The summed E-state index contributed by atoms with van der Waals surface area (Å²) < 4.78 is 5.16. The maximum absolute atomic E-state index is 5.88. The quantitative estimate of drug-likeness (QED) is 0.917. The van der Waals surface area contributed by atoms with Crippen molar-refractivity contribution in [2.24, 2.45) is 0 Å². The second-order valence-electron chi connectivity index (χ2n) is 4.07. The van der Waals surface area contributed by atoms with Gasteiger partial charge in [-0.2, -0.15) is 0 Å². The average Bonchev–Trinajstić information content (AvgIpc) is 2.83. The maximum Gasteiger partial charge on any atom is 0.138 e. The minimum Gasteiger partial charge on any atom is -0.361 e. The van der Waals surface area contributed by atoms with Crippen molar-refractivity contribution in [3.8, 4) is 0 Å². The van der Waals surface area contributed by atoms with Crippen LogP contribution in [0.2, 0.25) is 5.02 Å². The number of hydrogen-bond acceptors (Lipinski definition) is 4. The predicted molar refractivity (Wildman–Crippen MR) is 70.6 cm³/mol. The van der Waals surface area contributed by atoms with Gasteiger partial charge in [0, 0.05) is 28.4 Å². The zero-order valence-electron chi connectivity index (χ0n) is 10.1. The van der Waals surface area contributed by atoms with Crippen LogP contribution in [-0.2, 0) is 6.54 Å². The lowest BCUT2D eigenvalue weighted by atomic mass is 10.1. The third-order valence-electron chi connectivity index (χ3n) is 2.73. The Balaban J connectivity index is 2.00. The van der Waals surface area contributed by atoms with E-state index in [2.05, 4.69) is 17.4 Å². The van der Waals surface area contributed by atoms with E-state index in [1.807, 2.05) is 25.3 Å². The number of halogens is 1. The fraction of sp³-hybridized carbons (Fsp3) is 0.417. The summed E-state index contributed by atoms with van der Waals surface area (Å²) in [6, 6.07) is 2.21. The highest BCUT2D eigenvalue weighted by molar-refractivity contribution is 7.10. The summed E-state index contributed by atoms with van der Waals surface area (Å²) in [5.41, 5.74) is 2.10. The van der Waals surface area contributed by atoms with Gasteiger partial charge in [0.2, 0.25) is 0 Å². The minimum absolute atomic E-state index is 0.224. The summed E-state index contributed by atoms with van der Waals surface area (Å²) in [4.78, 5) is 1.23. The van der Waals surface area contributed by atoms with Crippen LogP contribution in [0.4, 0.5) is 0 Å². The van der Waals surface area contributed by atoms with Crippen LogP contribution in [0.15, 0.2) is 16.0 Å². The molecule has 2 aromatic heterocycles. The van der Waals surface area contributed by atoms with Crippen LogP contribution in [0.5, 0.6) is 0 Å². The van der Waals surface area contributed by atoms with Crippen LogP contribution in [0.25, 0.3) is 0 Å². The molecule has 17 heavy (non-hydrogen) atoms. The van der Waals surface area contributed by atoms with E-state index in [-0.39, 0.29) is 6.04 Å². The van der Waals surface area contributed by atoms with E-state index < -0.39 is 0 Å². The smallest absolute Gasteiger partial charge is 0.138 e. The fourth-order valence-corrected chi connectivity index (χ4v) is 2.93. The molecular formula is C12H15ClN2OS. The van der Waals surface area contributed by atoms with Crippen molar-refractivity contribution in [1.82, 2.24) is 10.5 Å². The number of nitrogens with one attached hydrogen (secondary N) is 1. The first kappa shape index (κ1) is 12.6. The molecular weight excluding hydrogens is 256 g/mol. The van der Waals surface area contributed by atoms with E-state index in [0.29, 0.717) is 0 Å². The molecule has 0 aliphatic carbocycles. The Hall–Kier alpha value is -0.840. The first-order chi connectivity index (χ1) is 8.08. The molecule has 0 saturated carbocycles. The molecule has 3 nitrogen and oxygen atoms in total. The molecule has 1 atom stereocenters. The second kappa shape index (κ2) is 5.21. The Bertz CT molecular complexity index is 487. The molecule has 2 heterocycles. The van der Waals surface area contributed by atoms with Gasteiger partial charge in [0.05, 0.1) is 10.7 Å². The van der Waals surface area contributed by atoms with Crippen LogP contribution >= 0.6 is 22.9 Å². The number of nitrogens with zero attached hydrogens (tertiary/aromatic N) is 1. The molecule has 0 saturated heterocycles. The molecule has 5 heteroatoms. The lowest BCUT2D eigenvalue weighted by Gasteiger charge is -2.12. The molecule has 92 valence electrons. The highest BCUT2D eigenvalue weighted by Gasteiger charge is 2.15. The Morgan fingerprint density at radius 3 is 2.82 bits per heavy atom. The standard InChI is InChI=1S/C12H15ClN2OS/c1-7(12-8(2)15-16-9(12)3)14-5-11-4-10(13)6-17-11/h4,6-7,14H,5H2,1-3H3. The zero-order valence-corrected chi connectivity index (χ0v) is 11.7. The summed E-state index contributed by atoms with van der Waals surface area (Å²) in [7, 11) is 0. The van der Waals surface area contributed by atoms with E-state index >= 15 is 0 Å². The minimum atomic E-state index is 0.224. The van der Waals surface area contributed by atoms with Crippen molar-refractivity contribution in [3.05, 3.63) is 38.4 Å². The molecule has 0 aliphatic rings. The SMILES string of the molecule is Cc1noc(C)c1C(C)NCc1cc(Cl)cs1. The van der Waals surface area contributed by atoms with Crippen molar-refractivity contribution >= 4 is 22.9 Å². The summed E-state index contributed by atoms with van der Waals surface area (Å²) in [6.45, 7) is 6.83. The average molecular weight is 271 g/mol. The molecule has 0 radical (unpaired) electrons. The van der Waals surface area contributed by atoms with Gasteiger partial charge in [-0.25, -0.2) is 0 Å². The highest BCUT2D eigenvalue weighted by atomic mass is 35.5. The van der Waals surface area contributed by atoms with Gasteiger partial charge in [-0.05, 0) is 26.8 Å². The largest absolute Gasteiger partial charge is 0.361 e. The lowest BCUT2D eigenvalue weighted by molar-refractivity contribution is 0.390. The van der Waals surface area contributed by atoms with Crippen LogP contribution in [0.3, 0.4) is 0 Å². The molecule has 0 aromatic carbocycles. The number of hydrogen-bond donors (Lipinski definition) is 1. The normalized spacial score (nSPS) is 12.9. The van der Waals surface area contributed by atoms with Crippen LogP contribution in [0.1, 0.15) is 34.9 Å². The van der Waals surface area contributed by atoms with Gasteiger partial charge in [0.15, 0.2) is 0 Å². The fourth-order valence-electron chi connectivity index (χ4n) is 1.91. The monoisotopic (exact) mass is 270 g/mol. The summed E-state index contributed by atoms with van der Waals surface area (Å²) in [5, 5.41) is 10.2.